The molecule has 3 aromatic rings. The Kier molecular flexibility index (Phi) is 4.88. The summed E-state index contributed by atoms with van der Waals surface area (Å²) in [4.78, 5) is 17.9. The van der Waals surface area contributed by atoms with E-state index >= 15 is 0 Å². The van der Waals surface area contributed by atoms with Crippen molar-refractivity contribution in [3.05, 3.63) is 65.4 Å². The van der Waals surface area contributed by atoms with Crippen LogP contribution in [0.5, 0.6) is 5.75 Å². The van der Waals surface area contributed by atoms with Crippen LogP contribution >= 0.6 is 0 Å². The lowest BCUT2D eigenvalue weighted by molar-refractivity contribution is -0.134. The number of ether oxygens (including phenoxy) is 1. The van der Waals surface area contributed by atoms with Crippen LogP contribution in [0.3, 0.4) is 0 Å². The number of likely N-dealkylation sites (tertiary alicyclic amines) is 1. The standard InChI is InChI=1S/C23H26N2O2/c1-16-7-9-19(10-8-16)27-15-22(26)25-13-11-18(12-14-25)23-17(2)24-21-6-4-3-5-20(21)23/h3-10,18,24H,11-15H2,1-2H3. The van der Waals surface area contributed by atoms with E-state index in [-0.39, 0.29) is 12.5 Å². The summed E-state index contributed by atoms with van der Waals surface area (Å²) in [6.07, 6.45) is 2.00. The predicted molar refractivity (Wildman–Crippen MR) is 108 cm³/mol. The second-order valence-corrected chi connectivity index (χ2v) is 7.47. The maximum atomic E-state index is 12.5. The first kappa shape index (κ1) is 17.7. The van der Waals surface area contributed by atoms with Crippen LogP contribution in [-0.2, 0) is 4.79 Å². The van der Waals surface area contributed by atoms with E-state index in [2.05, 4.69) is 36.2 Å². The van der Waals surface area contributed by atoms with Gasteiger partial charge in [0.1, 0.15) is 5.75 Å². The summed E-state index contributed by atoms with van der Waals surface area (Å²) in [7, 11) is 0. The first-order valence-corrected chi connectivity index (χ1v) is 9.66. The zero-order valence-electron chi connectivity index (χ0n) is 16.0. The van der Waals surface area contributed by atoms with E-state index in [1.165, 1.54) is 27.7 Å². The lowest BCUT2D eigenvalue weighted by Gasteiger charge is -2.32. The van der Waals surface area contributed by atoms with Crippen molar-refractivity contribution in [3.63, 3.8) is 0 Å². The monoisotopic (exact) mass is 362 g/mol. The molecule has 140 valence electrons. The Morgan fingerprint density at radius 1 is 1.07 bits per heavy atom. The summed E-state index contributed by atoms with van der Waals surface area (Å²) in [6, 6.07) is 16.3. The summed E-state index contributed by atoms with van der Waals surface area (Å²) in [5.74, 6) is 1.33. The maximum absolute atomic E-state index is 12.5. The summed E-state index contributed by atoms with van der Waals surface area (Å²) in [6.45, 7) is 5.88. The fourth-order valence-electron chi connectivity index (χ4n) is 4.11. The van der Waals surface area contributed by atoms with Gasteiger partial charge in [0.25, 0.3) is 5.91 Å². The molecule has 2 aromatic carbocycles. The Morgan fingerprint density at radius 3 is 2.52 bits per heavy atom. The minimum atomic E-state index is 0.0738. The lowest BCUT2D eigenvalue weighted by Crippen LogP contribution is -2.40. The van der Waals surface area contributed by atoms with Gasteiger partial charge in [0.15, 0.2) is 6.61 Å². The first-order valence-electron chi connectivity index (χ1n) is 9.66. The van der Waals surface area contributed by atoms with Crippen LogP contribution < -0.4 is 4.74 Å². The minimum absolute atomic E-state index is 0.0738. The molecule has 0 spiro atoms. The Hall–Kier alpha value is -2.75. The van der Waals surface area contributed by atoms with Crippen molar-refractivity contribution in [2.24, 2.45) is 0 Å². The number of piperidine rings is 1. The quantitative estimate of drug-likeness (QED) is 0.739. The van der Waals surface area contributed by atoms with Crippen molar-refractivity contribution in [2.75, 3.05) is 19.7 Å². The third-order valence-corrected chi connectivity index (χ3v) is 5.58. The Morgan fingerprint density at radius 2 is 1.78 bits per heavy atom. The molecule has 27 heavy (non-hydrogen) atoms. The van der Waals surface area contributed by atoms with Crippen molar-refractivity contribution in [1.29, 1.82) is 0 Å². The van der Waals surface area contributed by atoms with Crippen molar-refractivity contribution >= 4 is 16.8 Å². The SMILES string of the molecule is Cc1ccc(OCC(=O)N2CCC(c3c(C)[nH]c4ccccc34)CC2)cc1. The fourth-order valence-corrected chi connectivity index (χ4v) is 4.11. The number of aromatic nitrogens is 1. The molecule has 1 amide bonds. The molecule has 0 saturated carbocycles. The molecule has 1 aliphatic heterocycles. The molecule has 1 aliphatic rings. The number of rotatable bonds is 4. The molecule has 1 fully saturated rings. The summed E-state index contributed by atoms with van der Waals surface area (Å²) in [5, 5.41) is 1.32. The van der Waals surface area contributed by atoms with Crippen molar-refractivity contribution in [2.45, 2.75) is 32.6 Å². The van der Waals surface area contributed by atoms with Gasteiger partial charge in [-0.3, -0.25) is 4.79 Å². The highest BCUT2D eigenvalue weighted by Gasteiger charge is 2.26. The van der Waals surface area contributed by atoms with Gasteiger partial charge in [-0.1, -0.05) is 35.9 Å². The van der Waals surface area contributed by atoms with Crippen LogP contribution in [-0.4, -0.2) is 35.5 Å². The average molecular weight is 362 g/mol. The third-order valence-electron chi connectivity index (χ3n) is 5.58. The number of nitrogens with one attached hydrogen (secondary N) is 1. The number of aromatic amines is 1. The molecule has 1 aromatic heterocycles. The predicted octanol–water partition coefficient (Wildman–Crippen LogP) is 4.57. The van der Waals surface area contributed by atoms with Gasteiger partial charge in [-0.2, -0.15) is 0 Å². The molecule has 4 heteroatoms. The number of fused-ring (bicyclic) bond motifs is 1. The normalized spacial score (nSPS) is 15.3. The van der Waals surface area contributed by atoms with E-state index in [1.807, 2.05) is 36.1 Å². The lowest BCUT2D eigenvalue weighted by atomic mass is 9.87. The molecule has 0 bridgehead atoms. The number of H-pyrrole nitrogens is 1. The van der Waals surface area contributed by atoms with E-state index < -0.39 is 0 Å². The van der Waals surface area contributed by atoms with Gasteiger partial charge >= 0.3 is 0 Å². The summed E-state index contributed by atoms with van der Waals surface area (Å²) in [5.41, 5.74) is 5.07. The van der Waals surface area contributed by atoms with Crippen LogP contribution in [0.2, 0.25) is 0 Å². The molecule has 2 heterocycles. The van der Waals surface area contributed by atoms with E-state index in [9.17, 15) is 4.79 Å². The summed E-state index contributed by atoms with van der Waals surface area (Å²) >= 11 is 0. The van der Waals surface area contributed by atoms with Crippen molar-refractivity contribution in [3.8, 4) is 5.75 Å². The molecular formula is C23H26N2O2. The Labute approximate surface area is 160 Å². The fraction of sp³-hybridized carbons (Fsp3) is 0.348. The number of para-hydroxylation sites is 1. The van der Waals surface area contributed by atoms with Crippen LogP contribution in [0.1, 0.15) is 35.6 Å². The van der Waals surface area contributed by atoms with Crippen molar-refractivity contribution < 1.29 is 9.53 Å². The van der Waals surface area contributed by atoms with Gasteiger partial charge < -0.3 is 14.6 Å². The van der Waals surface area contributed by atoms with Crippen LogP contribution in [0.25, 0.3) is 10.9 Å². The minimum Gasteiger partial charge on any atom is -0.484 e. The topological polar surface area (TPSA) is 45.3 Å². The molecule has 4 nitrogen and oxygen atoms in total. The number of hydrogen-bond donors (Lipinski definition) is 1. The molecule has 0 atom stereocenters. The molecule has 0 aliphatic carbocycles. The zero-order chi connectivity index (χ0) is 18.8. The van der Waals surface area contributed by atoms with E-state index in [0.717, 1.165) is 31.7 Å². The third kappa shape index (κ3) is 3.70. The molecule has 4 rings (SSSR count). The van der Waals surface area contributed by atoms with Crippen LogP contribution in [0.15, 0.2) is 48.5 Å². The number of benzene rings is 2. The van der Waals surface area contributed by atoms with E-state index in [0.29, 0.717) is 5.92 Å². The molecule has 0 radical (unpaired) electrons. The van der Waals surface area contributed by atoms with Gasteiger partial charge in [0.05, 0.1) is 0 Å². The number of aryl methyl sites for hydroxylation is 2. The highest BCUT2D eigenvalue weighted by Crippen LogP contribution is 2.35. The number of nitrogens with zero attached hydrogens (tertiary/aromatic N) is 1. The molecule has 1 N–H and O–H groups in total. The van der Waals surface area contributed by atoms with Crippen LogP contribution in [0.4, 0.5) is 0 Å². The zero-order valence-corrected chi connectivity index (χ0v) is 16.0. The van der Waals surface area contributed by atoms with Gasteiger partial charge in [-0.25, -0.2) is 0 Å². The first-order chi connectivity index (χ1) is 13.1. The Bertz CT molecular complexity index is 935. The number of amides is 1. The number of hydrogen-bond acceptors (Lipinski definition) is 2. The van der Waals surface area contributed by atoms with Crippen molar-refractivity contribution in [1.82, 2.24) is 9.88 Å². The Balaban J connectivity index is 1.36. The number of carbonyl (C=O) groups excluding carboxylic acids is 1. The van der Waals surface area contributed by atoms with Gasteiger partial charge in [-0.05, 0) is 56.4 Å². The van der Waals surface area contributed by atoms with Crippen LogP contribution in [0, 0.1) is 13.8 Å². The smallest absolute Gasteiger partial charge is 0.260 e. The maximum Gasteiger partial charge on any atom is 0.260 e. The molecule has 0 unspecified atom stereocenters. The number of carbonyl (C=O) groups is 1. The van der Waals surface area contributed by atoms with E-state index in [1.54, 1.807) is 0 Å². The average Bonchev–Trinajstić information content (AvgIpc) is 3.03. The molecule has 1 saturated heterocycles. The second kappa shape index (κ2) is 7.47. The van der Waals surface area contributed by atoms with Gasteiger partial charge in [0.2, 0.25) is 0 Å². The second-order valence-electron chi connectivity index (χ2n) is 7.47. The van der Waals surface area contributed by atoms with E-state index in [4.69, 9.17) is 4.74 Å². The largest absolute Gasteiger partial charge is 0.484 e. The van der Waals surface area contributed by atoms with Gasteiger partial charge in [0, 0.05) is 29.7 Å². The summed E-state index contributed by atoms with van der Waals surface area (Å²) < 4.78 is 5.66. The molecular weight excluding hydrogens is 336 g/mol. The van der Waals surface area contributed by atoms with Gasteiger partial charge in [-0.15, -0.1) is 0 Å². The highest BCUT2D eigenvalue weighted by molar-refractivity contribution is 5.85. The highest BCUT2D eigenvalue weighted by atomic mass is 16.5.